The third-order valence-corrected chi connectivity index (χ3v) is 2.13. The Labute approximate surface area is 88.0 Å². The lowest BCUT2D eigenvalue weighted by atomic mass is 10.2. The Hall–Kier alpha value is -1.90. The van der Waals surface area contributed by atoms with Crippen LogP contribution in [0.25, 0.3) is 5.69 Å². The summed E-state index contributed by atoms with van der Waals surface area (Å²) < 4.78 is 1.36. The highest BCUT2D eigenvalue weighted by atomic mass is 16.1. The van der Waals surface area contributed by atoms with Gasteiger partial charge in [-0.2, -0.15) is 9.78 Å². The van der Waals surface area contributed by atoms with Crippen LogP contribution < -0.4 is 5.56 Å². The number of nitrogens with zero attached hydrogens (tertiary/aromatic N) is 2. The molecule has 0 amide bonds. The van der Waals surface area contributed by atoms with Crippen molar-refractivity contribution in [3.05, 3.63) is 58.0 Å². The fraction of sp³-hybridized carbons (Fsp3) is 0.167. The van der Waals surface area contributed by atoms with Gasteiger partial charge in [-0.15, -0.1) is 0 Å². The average Bonchev–Trinajstić information content (AvgIpc) is 2.20. The molecule has 75 valence electrons. The van der Waals surface area contributed by atoms with Gasteiger partial charge in [0.15, 0.2) is 0 Å². The molecule has 0 bridgehead atoms. The monoisotopic (exact) mass is 199 g/mol. The van der Waals surface area contributed by atoms with Gasteiger partial charge >= 0.3 is 0 Å². The van der Waals surface area contributed by atoms with E-state index in [1.807, 2.05) is 26.0 Å². The molecule has 0 aliphatic rings. The highest BCUT2D eigenvalue weighted by molar-refractivity contribution is 5.32. The highest BCUT2D eigenvalue weighted by Crippen LogP contribution is 2.04. The smallest absolute Gasteiger partial charge is 0.267 e. The zero-order valence-corrected chi connectivity index (χ0v) is 8.69. The van der Waals surface area contributed by atoms with E-state index in [1.165, 1.54) is 4.68 Å². The van der Waals surface area contributed by atoms with Crippen molar-refractivity contribution in [1.82, 2.24) is 9.78 Å². The van der Waals surface area contributed by atoms with Crippen LogP contribution in [-0.2, 0) is 0 Å². The van der Waals surface area contributed by atoms with E-state index in [9.17, 15) is 4.79 Å². The number of rotatable bonds is 1. The van der Waals surface area contributed by atoms with Gasteiger partial charge < -0.3 is 0 Å². The summed E-state index contributed by atoms with van der Waals surface area (Å²) in [6.07, 6.45) is 1.67. The molecular weight excluding hydrogens is 188 g/mol. The van der Waals surface area contributed by atoms with Crippen LogP contribution in [0.1, 0.15) is 11.1 Å². The van der Waals surface area contributed by atoms with E-state index in [-0.39, 0.29) is 5.56 Å². The molecule has 2 rings (SSSR count). The molecule has 3 nitrogen and oxygen atoms in total. The molecule has 0 atom stereocenters. The molecule has 3 heteroatoms. The molecule has 1 aromatic carbocycles. The maximum absolute atomic E-state index is 11.6. The SMILES string of the molecule is Cc1[c]cc(-n2ncc(C)cc2=O)cc1. The minimum Gasteiger partial charge on any atom is -0.267 e. The minimum atomic E-state index is -0.118. The third kappa shape index (κ3) is 1.96. The summed E-state index contributed by atoms with van der Waals surface area (Å²) in [7, 11) is 0. The van der Waals surface area contributed by atoms with E-state index in [0.29, 0.717) is 0 Å². The molecule has 0 aliphatic heterocycles. The molecule has 0 N–H and O–H groups in total. The van der Waals surface area contributed by atoms with Crippen molar-refractivity contribution in [2.75, 3.05) is 0 Å². The second kappa shape index (κ2) is 3.69. The lowest BCUT2D eigenvalue weighted by Crippen LogP contribution is -2.20. The Morgan fingerprint density at radius 1 is 1.33 bits per heavy atom. The van der Waals surface area contributed by atoms with Crippen molar-refractivity contribution >= 4 is 0 Å². The quantitative estimate of drug-likeness (QED) is 0.700. The first-order valence-electron chi connectivity index (χ1n) is 4.71. The Bertz CT molecular complexity index is 526. The van der Waals surface area contributed by atoms with Crippen molar-refractivity contribution in [1.29, 1.82) is 0 Å². The standard InChI is InChI=1S/C12H11N2O/c1-9-3-5-11(6-4-9)14-12(15)7-10(2)8-13-14/h3,5-8H,1-2H3. The van der Waals surface area contributed by atoms with E-state index in [2.05, 4.69) is 11.2 Å². The number of hydrogen-bond donors (Lipinski definition) is 0. The molecule has 0 saturated carbocycles. The van der Waals surface area contributed by atoms with Crippen LogP contribution in [0.2, 0.25) is 0 Å². The van der Waals surface area contributed by atoms with Crippen LogP contribution in [0, 0.1) is 19.9 Å². The van der Waals surface area contributed by atoms with Crippen molar-refractivity contribution < 1.29 is 0 Å². The normalized spacial score (nSPS) is 10.3. The van der Waals surface area contributed by atoms with Gasteiger partial charge in [0.1, 0.15) is 0 Å². The maximum Gasteiger partial charge on any atom is 0.271 e. The summed E-state index contributed by atoms with van der Waals surface area (Å²) in [6, 6.07) is 10.1. The van der Waals surface area contributed by atoms with E-state index in [0.717, 1.165) is 16.8 Å². The molecule has 1 radical (unpaired) electrons. The van der Waals surface area contributed by atoms with Gasteiger partial charge in [-0.1, -0.05) is 6.07 Å². The Morgan fingerprint density at radius 2 is 2.13 bits per heavy atom. The molecule has 0 spiro atoms. The number of hydrogen-bond acceptors (Lipinski definition) is 2. The van der Waals surface area contributed by atoms with Crippen LogP contribution in [-0.4, -0.2) is 9.78 Å². The highest BCUT2D eigenvalue weighted by Gasteiger charge is 2.00. The van der Waals surface area contributed by atoms with Crippen molar-refractivity contribution in [3.63, 3.8) is 0 Å². The van der Waals surface area contributed by atoms with E-state index >= 15 is 0 Å². The van der Waals surface area contributed by atoms with Gasteiger partial charge in [-0.05, 0) is 43.2 Å². The topological polar surface area (TPSA) is 34.9 Å². The van der Waals surface area contributed by atoms with Crippen molar-refractivity contribution in [2.45, 2.75) is 13.8 Å². The maximum atomic E-state index is 11.6. The molecule has 0 saturated heterocycles. The summed E-state index contributed by atoms with van der Waals surface area (Å²) in [4.78, 5) is 11.6. The van der Waals surface area contributed by atoms with Crippen LogP contribution in [0.4, 0.5) is 0 Å². The first-order chi connectivity index (χ1) is 7.16. The third-order valence-electron chi connectivity index (χ3n) is 2.13. The molecule has 0 unspecified atom stereocenters. The Balaban J connectivity index is 2.55. The van der Waals surface area contributed by atoms with Gasteiger partial charge in [-0.25, -0.2) is 0 Å². The van der Waals surface area contributed by atoms with Crippen LogP contribution >= 0.6 is 0 Å². The van der Waals surface area contributed by atoms with E-state index in [4.69, 9.17) is 0 Å². The zero-order chi connectivity index (χ0) is 10.8. The Morgan fingerprint density at radius 3 is 2.73 bits per heavy atom. The van der Waals surface area contributed by atoms with E-state index < -0.39 is 0 Å². The van der Waals surface area contributed by atoms with Gasteiger partial charge in [0.25, 0.3) is 5.56 Å². The van der Waals surface area contributed by atoms with Crippen molar-refractivity contribution in [2.24, 2.45) is 0 Å². The first kappa shape index (κ1) is 9.65. The Kier molecular flexibility index (Phi) is 2.37. The van der Waals surface area contributed by atoms with Gasteiger partial charge in [-0.3, -0.25) is 4.79 Å². The summed E-state index contributed by atoms with van der Waals surface area (Å²) >= 11 is 0. The van der Waals surface area contributed by atoms with Crippen LogP contribution in [0.5, 0.6) is 0 Å². The second-order valence-corrected chi connectivity index (χ2v) is 3.51. The second-order valence-electron chi connectivity index (χ2n) is 3.51. The predicted octanol–water partition coefficient (Wildman–Crippen LogP) is 1.65. The minimum absolute atomic E-state index is 0.118. The van der Waals surface area contributed by atoms with Gasteiger partial charge in [0, 0.05) is 6.07 Å². The average molecular weight is 199 g/mol. The summed E-state index contributed by atoms with van der Waals surface area (Å²) in [5.74, 6) is 0. The van der Waals surface area contributed by atoms with Gasteiger partial charge in [0.05, 0.1) is 11.9 Å². The molecule has 15 heavy (non-hydrogen) atoms. The van der Waals surface area contributed by atoms with Crippen LogP contribution in [0.15, 0.2) is 35.3 Å². The molecule has 0 aliphatic carbocycles. The summed E-state index contributed by atoms with van der Waals surface area (Å²) in [5.41, 5.74) is 2.53. The fourth-order valence-electron chi connectivity index (χ4n) is 1.32. The number of aromatic nitrogens is 2. The van der Waals surface area contributed by atoms with Crippen molar-refractivity contribution in [3.8, 4) is 5.69 Å². The molecule has 2 aromatic rings. The van der Waals surface area contributed by atoms with Crippen LogP contribution in [0.3, 0.4) is 0 Å². The number of aryl methyl sites for hydroxylation is 2. The molecule has 0 fully saturated rings. The zero-order valence-electron chi connectivity index (χ0n) is 8.69. The van der Waals surface area contributed by atoms with Gasteiger partial charge in [0.2, 0.25) is 0 Å². The summed E-state index contributed by atoms with van der Waals surface area (Å²) in [6.45, 7) is 3.80. The predicted molar refractivity (Wildman–Crippen MR) is 58.1 cm³/mol. The molecule has 1 aromatic heterocycles. The number of benzene rings is 1. The lowest BCUT2D eigenvalue weighted by Gasteiger charge is -2.03. The lowest BCUT2D eigenvalue weighted by molar-refractivity contribution is 0.800. The largest absolute Gasteiger partial charge is 0.271 e. The summed E-state index contributed by atoms with van der Waals surface area (Å²) in [5, 5.41) is 4.06. The molecular formula is C12H11N2O. The first-order valence-corrected chi connectivity index (χ1v) is 4.71. The van der Waals surface area contributed by atoms with E-state index in [1.54, 1.807) is 18.3 Å². The fourth-order valence-corrected chi connectivity index (χ4v) is 1.32. The molecule has 1 heterocycles.